The number of aryl methyl sites for hydroxylation is 1. The zero-order valence-electron chi connectivity index (χ0n) is 8.05. The summed E-state index contributed by atoms with van der Waals surface area (Å²) < 4.78 is 1.73. The lowest BCUT2D eigenvalue weighted by Crippen LogP contribution is -2.46. The molecule has 1 aromatic rings. The normalized spacial score (nSPS) is 17.7. The van der Waals surface area contributed by atoms with Crippen LogP contribution in [-0.2, 0) is 11.3 Å². The highest BCUT2D eigenvalue weighted by atomic mass is 16.2. The Morgan fingerprint density at radius 2 is 2.43 bits per heavy atom. The Balaban J connectivity index is 2.28. The molecule has 14 heavy (non-hydrogen) atoms. The van der Waals surface area contributed by atoms with Crippen molar-refractivity contribution in [1.82, 2.24) is 14.8 Å². The van der Waals surface area contributed by atoms with Crippen molar-refractivity contribution in [2.45, 2.75) is 25.9 Å². The van der Waals surface area contributed by atoms with Gasteiger partial charge in [0.1, 0.15) is 6.33 Å². The highest BCUT2D eigenvalue weighted by Crippen LogP contribution is 2.16. The Morgan fingerprint density at radius 3 is 3.14 bits per heavy atom. The van der Waals surface area contributed by atoms with Crippen LogP contribution in [0.15, 0.2) is 6.33 Å². The maximum atomic E-state index is 11.7. The van der Waals surface area contributed by atoms with Crippen LogP contribution in [0.5, 0.6) is 0 Å². The van der Waals surface area contributed by atoms with Crippen molar-refractivity contribution >= 4 is 11.9 Å². The molecule has 2 N–H and O–H groups in total. The zero-order chi connectivity index (χ0) is 10.1. The van der Waals surface area contributed by atoms with E-state index in [1.807, 2.05) is 0 Å². The molecule has 0 aliphatic carbocycles. The van der Waals surface area contributed by atoms with Gasteiger partial charge in [0.2, 0.25) is 11.9 Å². The van der Waals surface area contributed by atoms with E-state index in [4.69, 9.17) is 5.73 Å². The summed E-state index contributed by atoms with van der Waals surface area (Å²) in [4.78, 5) is 17.3. The molecule has 1 aromatic heterocycles. The van der Waals surface area contributed by atoms with E-state index in [0.717, 1.165) is 13.0 Å². The van der Waals surface area contributed by atoms with Crippen molar-refractivity contribution in [1.29, 1.82) is 0 Å². The van der Waals surface area contributed by atoms with Gasteiger partial charge >= 0.3 is 0 Å². The minimum Gasteiger partial charge on any atom is -0.320 e. The third-order valence-electron chi connectivity index (χ3n) is 2.24. The molecule has 0 spiro atoms. The molecule has 6 nitrogen and oxygen atoms in total. The van der Waals surface area contributed by atoms with E-state index in [0.29, 0.717) is 12.5 Å². The van der Waals surface area contributed by atoms with E-state index in [-0.39, 0.29) is 5.91 Å². The predicted octanol–water partition coefficient (Wildman–Crippen LogP) is -0.638. The van der Waals surface area contributed by atoms with Crippen molar-refractivity contribution in [2.24, 2.45) is 5.73 Å². The Bertz CT molecular complexity index is 345. The van der Waals surface area contributed by atoms with Crippen molar-refractivity contribution in [3.05, 3.63) is 6.33 Å². The molecule has 2 heterocycles. The van der Waals surface area contributed by atoms with Gasteiger partial charge in [0.05, 0.1) is 6.04 Å². The first kappa shape index (κ1) is 9.14. The first-order chi connectivity index (χ1) is 6.70. The first-order valence-corrected chi connectivity index (χ1v) is 4.65. The minimum absolute atomic E-state index is 0.0982. The monoisotopic (exact) mass is 195 g/mol. The van der Waals surface area contributed by atoms with Crippen LogP contribution in [-0.4, -0.2) is 33.3 Å². The molecule has 1 aliphatic rings. The molecule has 0 fully saturated rings. The van der Waals surface area contributed by atoms with E-state index in [1.54, 1.807) is 16.5 Å². The smallest absolute Gasteiger partial charge is 0.245 e. The summed E-state index contributed by atoms with van der Waals surface area (Å²) in [5, 5.41) is 4.02. The van der Waals surface area contributed by atoms with E-state index in [9.17, 15) is 4.79 Å². The van der Waals surface area contributed by atoms with Gasteiger partial charge in [0.15, 0.2) is 0 Å². The molecular weight excluding hydrogens is 182 g/mol. The Kier molecular flexibility index (Phi) is 2.20. The van der Waals surface area contributed by atoms with Crippen LogP contribution in [0.2, 0.25) is 0 Å². The van der Waals surface area contributed by atoms with E-state index < -0.39 is 6.04 Å². The number of anilines is 1. The minimum atomic E-state index is -0.488. The zero-order valence-corrected chi connectivity index (χ0v) is 8.05. The number of fused-ring (bicyclic) bond motifs is 1. The van der Waals surface area contributed by atoms with Crippen LogP contribution in [0.3, 0.4) is 0 Å². The fraction of sp³-hybridized carbons (Fsp3) is 0.625. The van der Waals surface area contributed by atoms with Gasteiger partial charge < -0.3 is 5.73 Å². The van der Waals surface area contributed by atoms with Gasteiger partial charge in [0.25, 0.3) is 0 Å². The summed E-state index contributed by atoms with van der Waals surface area (Å²) in [7, 11) is 0. The molecule has 0 radical (unpaired) electrons. The average Bonchev–Trinajstić information content (AvgIpc) is 2.63. The topological polar surface area (TPSA) is 77.0 Å². The van der Waals surface area contributed by atoms with Crippen LogP contribution in [0.25, 0.3) is 0 Å². The fourth-order valence-corrected chi connectivity index (χ4v) is 1.56. The maximum Gasteiger partial charge on any atom is 0.245 e. The lowest BCUT2D eigenvalue weighted by molar-refractivity contribution is -0.119. The lowest BCUT2D eigenvalue weighted by atomic mass is 10.2. The van der Waals surface area contributed by atoms with Crippen molar-refractivity contribution in [2.75, 3.05) is 11.4 Å². The SMILES string of the molecule is C[C@H](N)C(=O)N1CCCn2ncnc21. The van der Waals surface area contributed by atoms with Gasteiger partial charge in [-0.3, -0.25) is 9.69 Å². The largest absolute Gasteiger partial charge is 0.320 e. The third-order valence-corrected chi connectivity index (χ3v) is 2.24. The van der Waals surface area contributed by atoms with E-state index >= 15 is 0 Å². The number of hydrogen-bond donors (Lipinski definition) is 1. The standard InChI is InChI=1S/C8H13N5O/c1-6(9)7(14)12-3-2-4-13-8(12)10-5-11-13/h5-6H,2-4,9H2,1H3/t6-/m0/s1. The molecule has 1 aliphatic heterocycles. The van der Waals surface area contributed by atoms with E-state index in [1.165, 1.54) is 6.33 Å². The molecule has 0 aromatic carbocycles. The molecule has 1 atom stereocenters. The number of hydrogen-bond acceptors (Lipinski definition) is 4. The summed E-state index contributed by atoms with van der Waals surface area (Å²) in [5.41, 5.74) is 5.54. The van der Waals surface area contributed by atoms with Crippen LogP contribution < -0.4 is 10.6 Å². The van der Waals surface area contributed by atoms with Crippen LogP contribution >= 0.6 is 0 Å². The Morgan fingerprint density at radius 1 is 1.64 bits per heavy atom. The summed E-state index contributed by atoms with van der Waals surface area (Å²) in [5.74, 6) is 0.512. The number of nitrogens with zero attached hydrogens (tertiary/aromatic N) is 4. The predicted molar refractivity (Wildman–Crippen MR) is 50.6 cm³/mol. The van der Waals surface area contributed by atoms with Gasteiger partial charge in [-0.05, 0) is 13.3 Å². The summed E-state index contributed by atoms with van der Waals surface area (Å²) in [6, 6.07) is -0.488. The number of carbonyl (C=O) groups excluding carboxylic acids is 1. The maximum absolute atomic E-state index is 11.7. The van der Waals surface area contributed by atoms with E-state index in [2.05, 4.69) is 10.1 Å². The summed E-state index contributed by atoms with van der Waals surface area (Å²) >= 11 is 0. The molecule has 6 heteroatoms. The van der Waals surface area contributed by atoms with Gasteiger partial charge in [0, 0.05) is 13.1 Å². The van der Waals surface area contributed by atoms with Crippen LogP contribution in [0.4, 0.5) is 5.95 Å². The Labute approximate surface area is 81.7 Å². The number of aromatic nitrogens is 3. The van der Waals surface area contributed by atoms with Gasteiger partial charge in [-0.25, -0.2) is 4.68 Å². The quantitative estimate of drug-likeness (QED) is 0.646. The van der Waals surface area contributed by atoms with Crippen molar-refractivity contribution in [3.8, 4) is 0 Å². The number of nitrogens with two attached hydrogens (primary N) is 1. The fourth-order valence-electron chi connectivity index (χ4n) is 1.56. The molecule has 0 saturated heterocycles. The van der Waals surface area contributed by atoms with Crippen molar-refractivity contribution < 1.29 is 4.79 Å². The number of rotatable bonds is 1. The molecule has 0 saturated carbocycles. The van der Waals surface area contributed by atoms with Crippen LogP contribution in [0, 0.1) is 0 Å². The second-order valence-corrected chi connectivity index (χ2v) is 3.42. The molecule has 2 rings (SSSR count). The van der Waals surface area contributed by atoms with Crippen molar-refractivity contribution in [3.63, 3.8) is 0 Å². The van der Waals surface area contributed by atoms with Crippen LogP contribution in [0.1, 0.15) is 13.3 Å². The van der Waals surface area contributed by atoms with Gasteiger partial charge in [-0.1, -0.05) is 0 Å². The third kappa shape index (κ3) is 1.37. The second kappa shape index (κ2) is 3.38. The molecule has 76 valence electrons. The highest BCUT2D eigenvalue weighted by molar-refractivity contribution is 5.95. The highest BCUT2D eigenvalue weighted by Gasteiger charge is 2.26. The number of carbonyl (C=O) groups is 1. The molecule has 1 amide bonds. The van der Waals surface area contributed by atoms with Gasteiger partial charge in [-0.15, -0.1) is 0 Å². The summed E-state index contributed by atoms with van der Waals surface area (Å²) in [6.07, 6.45) is 2.36. The lowest BCUT2D eigenvalue weighted by Gasteiger charge is -2.27. The molecule has 0 unspecified atom stereocenters. The average molecular weight is 195 g/mol. The Hall–Kier alpha value is -1.43. The van der Waals surface area contributed by atoms with Gasteiger partial charge in [-0.2, -0.15) is 10.1 Å². The molecular formula is C8H13N5O. The second-order valence-electron chi connectivity index (χ2n) is 3.42. The first-order valence-electron chi connectivity index (χ1n) is 4.65. The summed E-state index contributed by atoms with van der Waals surface area (Å²) in [6.45, 7) is 3.18. The number of amides is 1. The molecule has 0 bridgehead atoms.